The number of rotatable bonds is 1. The van der Waals surface area contributed by atoms with Crippen LogP contribution in [0.25, 0.3) is 11.1 Å². The molecule has 0 aliphatic rings. The lowest BCUT2D eigenvalue weighted by Gasteiger charge is -2.08. The Bertz CT molecular complexity index is 639. The predicted octanol–water partition coefficient (Wildman–Crippen LogP) is 3.61. The smallest absolute Gasteiger partial charge is 0.250 e. The normalized spacial score (nSPS) is 10.6. The molecule has 2 nitrogen and oxygen atoms in total. The van der Waals surface area contributed by atoms with Gasteiger partial charge in [0.25, 0.3) is 5.56 Å². The van der Waals surface area contributed by atoms with Gasteiger partial charge in [0.2, 0.25) is 0 Å². The van der Waals surface area contributed by atoms with Crippen LogP contribution >= 0.6 is 27.5 Å². The van der Waals surface area contributed by atoms with Crippen LogP contribution in [-0.2, 0) is 7.05 Å². The predicted molar refractivity (Wildman–Crippen MR) is 69.8 cm³/mol. The van der Waals surface area contributed by atoms with Crippen LogP contribution in [0.2, 0.25) is 5.02 Å². The van der Waals surface area contributed by atoms with Gasteiger partial charge in [-0.15, -0.1) is 0 Å². The van der Waals surface area contributed by atoms with Crippen LogP contribution in [0.15, 0.2) is 39.7 Å². The maximum Gasteiger partial charge on any atom is 0.250 e. The van der Waals surface area contributed by atoms with Gasteiger partial charge in [-0.25, -0.2) is 4.39 Å². The number of pyridine rings is 1. The van der Waals surface area contributed by atoms with Crippen molar-refractivity contribution >= 4 is 27.5 Å². The van der Waals surface area contributed by atoms with E-state index in [1.165, 1.54) is 22.8 Å². The highest BCUT2D eigenvalue weighted by Gasteiger charge is 2.10. The molecule has 2 aromatic rings. The number of aromatic nitrogens is 1. The highest BCUT2D eigenvalue weighted by molar-refractivity contribution is 9.10. The first kappa shape index (κ1) is 12.3. The molecular formula is C12H8BrClFNO. The number of hydrogen-bond donors (Lipinski definition) is 0. The van der Waals surface area contributed by atoms with Gasteiger partial charge in [-0.1, -0.05) is 11.6 Å². The quantitative estimate of drug-likeness (QED) is 0.788. The minimum Gasteiger partial charge on any atom is -0.317 e. The van der Waals surface area contributed by atoms with E-state index in [-0.39, 0.29) is 10.6 Å². The van der Waals surface area contributed by atoms with Crippen molar-refractivity contribution in [2.45, 2.75) is 0 Å². The Kier molecular flexibility index (Phi) is 3.35. The van der Waals surface area contributed by atoms with Crippen molar-refractivity contribution in [1.29, 1.82) is 0 Å². The van der Waals surface area contributed by atoms with Gasteiger partial charge in [-0.3, -0.25) is 4.79 Å². The van der Waals surface area contributed by atoms with Crippen LogP contribution in [0.4, 0.5) is 4.39 Å². The molecule has 0 saturated carbocycles. The maximum absolute atomic E-state index is 12.9. The van der Waals surface area contributed by atoms with E-state index in [9.17, 15) is 9.18 Å². The molecule has 0 unspecified atom stereocenters. The van der Waals surface area contributed by atoms with Gasteiger partial charge in [0.15, 0.2) is 0 Å². The highest BCUT2D eigenvalue weighted by atomic mass is 79.9. The molecule has 0 N–H and O–H groups in total. The van der Waals surface area contributed by atoms with Crippen molar-refractivity contribution in [2.24, 2.45) is 7.05 Å². The largest absolute Gasteiger partial charge is 0.317 e. The Hall–Kier alpha value is -1.13. The summed E-state index contributed by atoms with van der Waals surface area (Å²) in [6.07, 6.45) is 1.65. The van der Waals surface area contributed by atoms with Crippen LogP contribution < -0.4 is 5.56 Å². The summed E-state index contributed by atoms with van der Waals surface area (Å²) in [5, 5.41) is 0.277. The summed E-state index contributed by atoms with van der Waals surface area (Å²) in [5.74, 6) is -0.404. The Morgan fingerprint density at radius 3 is 2.65 bits per heavy atom. The molecule has 0 bridgehead atoms. The fourth-order valence-electron chi connectivity index (χ4n) is 1.51. The average Bonchev–Trinajstić information content (AvgIpc) is 2.24. The molecule has 2 rings (SSSR count). The Morgan fingerprint density at radius 1 is 1.29 bits per heavy atom. The molecule has 0 aliphatic heterocycles. The standard InChI is InChI=1S/C12H8BrClFNO/c1-16-6-10(13)9(5-12(16)17)8-3-2-7(15)4-11(8)14/h2-6H,1H3. The maximum atomic E-state index is 12.9. The number of aryl methyl sites for hydroxylation is 1. The second-order valence-electron chi connectivity index (χ2n) is 3.61. The monoisotopic (exact) mass is 315 g/mol. The van der Waals surface area contributed by atoms with Crippen molar-refractivity contribution in [2.75, 3.05) is 0 Å². The van der Waals surface area contributed by atoms with Crippen LogP contribution in [0.1, 0.15) is 0 Å². The van der Waals surface area contributed by atoms with Gasteiger partial charge >= 0.3 is 0 Å². The molecule has 0 radical (unpaired) electrons. The molecule has 0 spiro atoms. The summed E-state index contributed by atoms with van der Waals surface area (Å²) in [7, 11) is 1.66. The number of nitrogens with zero attached hydrogens (tertiary/aromatic N) is 1. The molecule has 0 saturated heterocycles. The van der Waals surface area contributed by atoms with Crippen molar-refractivity contribution in [3.05, 3.63) is 56.1 Å². The molecule has 1 aromatic heterocycles. The first-order chi connectivity index (χ1) is 7.99. The molecule has 0 atom stereocenters. The lowest BCUT2D eigenvalue weighted by atomic mass is 10.1. The summed E-state index contributed by atoms with van der Waals surface area (Å²) in [4.78, 5) is 11.6. The zero-order chi connectivity index (χ0) is 12.6. The van der Waals surface area contributed by atoms with E-state index >= 15 is 0 Å². The zero-order valence-corrected chi connectivity index (χ0v) is 11.2. The van der Waals surface area contributed by atoms with Crippen LogP contribution in [0.5, 0.6) is 0 Å². The van der Waals surface area contributed by atoms with E-state index in [4.69, 9.17) is 11.6 Å². The third-order valence-corrected chi connectivity index (χ3v) is 3.35. The van der Waals surface area contributed by atoms with Gasteiger partial charge in [-0.05, 0) is 34.1 Å². The number of hydrogen-bond acceptors (Lipinski definition) is 1. The van der Waals surface area contributed by atoms with E-state index in [0.717, 1.165) is 4.47 Å². The molecule has 5 heteroatoms. The molecule has 1 heterocycles. The topological polar surface area (TPSA) is 22.0 Å². The molecule has 0 aliphatic carbocycles. The summed E-state index contributed by atoms with van der Waals surface area (Å²) >= 11 is 9.32. The average molecular weight is 317 g/mol. The second kappa shape index (κ2) is 4.63. The van der Waals surface area contributed by atoms with E-state index in [0.29, 0.717) is 11.1 Å². The summed E-state index contributed by atoms with van der Waals surface area (Å²) in [6, 6.07) is 5.55. The van der Waals surface area contributed by atoms with Crippen molar-refractivity contribution in [1.82, 2.24) is 4.57 Å². The Labute approximate surface area is 111 Å². The molecule has 0 amide bonds. The molecule has 1 aromatic carbocycles. The van der Waals surface area contributed by atoms with E-state index in [1.54, 1.807) is 19.3 Å². The fourth-order valence-corrected chi connectivity index (χ4v) is 2.42. The second-order valence-corrected chi connectivity index (χ2v) is 4.87. The van der Waals surface area contributed by atoms with Crippen LogP contribution in [0.3, 0.4) is 0 Å². The highest BCUT2D eigenvalue weighted by Crippen LogP contribution is 2.32. The van der Waals surface area contributed by atoms with Crippen molar-refractivity contribution in [3.63, 3.8) is 0 Å². The van der Waals surface area contributed by atoms with E-state index in [2.05, 4.69) is 15.9 Å². The zero-order valence-electron chi connectivity index (χ0n) is 8.88. The summed E-state index contributed by atoms with van der Waals surface area (Å²) in [5.41, 5.74) is 1.12. The lowest BCUT2D eigenvalue weighted by molar-refractivity contribution is 0.628. The Morgan fingerprint density at radius 2 is 2.00 bits per heavy atom. The summed E-state index contributed by atoms with van der Waals surface area (Å²) in [6.45, 7) is 0. The van der Waals surface area contributed by atoms with Crippen molar-refractivity contribution < 1.29 is 4.39 Å². The van der Waals surface area contributed by atoms with Gasteiger partial charge < -0.3 is 4.57 Å². The Balaban J connectivity index is 2.68. The van der Waals surface area contributed by atoms with Crippen LogP contribution in [0, 0.1) is 5.82 Å². The minimum atomic E-state index is -0.404. The van der Waals surface area contributed by atoms with E-state index < -0.39 is 5.82 Å². The molecule has 88 valence electrons. The number of halogens is 3. The SMILES string of the molecule is Cn1cc(Br)c(-c2ccc(F)cc2Cl)cc1=O. The first-order valence-corrected chi connectivity index (χ1v) is 5.98. The molecular weight excluding hydrogens is 308 g/mol. The fraction of sp³-hybridized carbons (Fsp3) is 0.0833. The molecule has 17 heavy (non-hydrogen) atoms. The van der Waals surface area contributed by atoms with Gasteiger partial charge in [-0.2, -0.15) is 0 Å². The van der Waals surface area contributed by atoms with Gasteiger partial charge in [0.1, 0.15) is 5.82 Å². The third-order valence-electron chi connectivity index (χ3n) is 2.40. The minimum absolute atomic E-state index is 0.149. The van der Waals surface area contributed by atoms with Crippen molar-refractivity contribution in [3.8, 4) is 11.1 Å². The van der Waals surface area contributed by atoms with Crippen LogP contribution in [-0.4, -0.2) is 4.57 Å². The first-order valence-electron chi connectivity index (χ1n) is 4.80. The summed E-state index contributed by atoms with van der Waals surface area (Å²) < 4.78 is 15.1. The van der Waals surface area contributed by atoms with Gasteiger partial charge in [0, 0.05) is 34.9 Å². The number of benzene rings is 1. The van der Waals surface area contributed by atoms with Gasteiger partial charge in [0.05, 0.1) is 5.02 Å². The third kappa shape index (κ3) is 2.42. The van der Waals surface area contributed by atoms with E-state index in [1.807, 2.05) is 0 Å². The molecule has 0 fully saturated rings. The lowest BCUT2D eigenvalue weighted by Crippen LogP contribution is -2.14.